The molecule has 5 rings (SSSR count). The van der Waals surface area contributed by atoms with Gasteiger partial charge in [-0.3, -0.25) is 14.5 Å². The van der Waals surface area contributed by atoms with E-state index in [0.29, 0.717) is 16.4 Å². The lowest BCUT2D eigenvalue weighted by Gasteiger charge is -2.05. The molecule has 12 nitrogen and oxygen atoms in total. The number of carbonyl (C=O) groups excluding carboxylic acids is 1. The van der Waals surface area contributed by atoms with Crippen molar-refractivity contribution in [2.75, 3.05) is 27.4 Å². The van der Waals surface area contributed by atoms with Crippen LogP contribution in [0.3, 0.4) is 0 Å². The molecule has 5 N–H and O–H groups in total. The number of carbonyl (C=O) groups is 4. The van der Waals surface area contributed by atoms with Crippen molar-refractivity contribution in [2.45, 2.75) is 12.8 Å². The van der Waals surface area contributed by atoms with E-state index < -0.39 is 23.9 Å². The first kappa shape index (κ1) is 35.7. The third kappa shape index (κ3) is 9.04. The van der Waals surface area contributed by atoms with Crippen LogP contribution in [0.25, 0.3) is 39.0 Å². The first-order valence-corrected chi connectivity index (χ1v) is 17.5. The van der Waals surface area contributed by atoms with Gasteiger partial charge in [0.05, 0.1) is 42.9 Å². The van der Waals surface area contributed by atoms with Crippen molar-refractivity contribution >= 4 is 80.6 Å². The van der Waals surface area contributed by atoms with Crippen molar-refractivity contribution in [1.29, 1.82) is 0 Å². The molecule has 0 radical (unpaired) electrons. The number of carboxylic acids is 3. The summed E-state index contributed by atoms with van der Waals surface area (Å²) in [6.07, 6.45) is -0.376. The van der Waals surface area contributed by atoms with Crippen LogP contribution in [0.1, 0.15) is 32.2 Å². The Labute approximate surface area is 287 Å². The summed E-state index contributed by atoms with van der Waals surface area (Å²) in [6.45, 7) is -0.0836. The minimum atomic E-state index is -1.02. The Kier molecular flexibility index (Phi) is 12.7. The summed E-state index contributed by atoms with van der Waals surface area (Å²) in [7, 11) is 2.74. The van der Waals surface area contributed by atoms with Gasteiger partial charge in [-0.1, -0.05) is 0 Å². The standard InChI is InChI=1S/C29H22O11S5.CH5N/c1-37-40-29(36)21-7-3-17(42-21)23-13-15(39-11-9-25(32)33)27(45-23)19-5-4-18(43-19)26-14(38-10-8-24(30)31)12-22(44-26)16-2-6-20(41-16)28(34)35;1-2/h2-7,12-13H,8-11H2,1H3,(H,30,31)(H,32,33)(H,34,35);2H2,1H3. The zero-order chi connectivity index (χ0) is 34.1. The highest BCUT2D eigenvalue weighted by atomic mass is 32.1. The Morgan fingerprint density at radius 2 is 1.06 bits per heavy atom. The van der Waals surface area contributed by atoms with Crippen molar-refractivity contribution < 1.29 is 53.7 Å². The first-order valence-electron chi connectivity index (χ1n) is 13.5. The lowest BCUT2D eigenvalue weighted by Crippen LogP contribution is -2.04. The summed E-state index contributed by atoms with van der Waals surface area (Å²) in [5.74, 6) is -2.65. The molecule has 248 valence electrons. The quantitative estimate of drug-likeness (QED) is 0.0617. The molecule has 0 aliphatic heterocycles. The van der Waals surface area contributed by atoms with E-state index in [9.17, 15) is 24.3 Å². The molecular formula is C30H27NO11S5. The molecule has 0 bridgehead atoms. The number of rotatable bonds is 15. The van der Waals surface area contributed by atoms with Crippen LogP contribution in [0.5, 0.6) is 11.5 Å². The van der Waals surface area contributed by atoms with E-state index in [4.69, 9.17) is 19.7 Å². The maximum Gasteiger partial charge on any atom is 0.382 e. The number of ether oxygens (including phenoxy) is 2. The topological polar surface area (TPSA) is 192 Å². The molecule has 0 unspecified atom stereocenters. The normalized spacial score (nSPS) is 10.6. The van der Waals surface area contributed by atoms with E-state index in [0.717, 1.165) is 50.4 Å². The lowest BCUT2D eigenvalue weighted by atomic mass is 10.3. The first-order chi connectivity index (χ1) is 22.6. The maximum atomic E-state index is 12.1. The summed E-state index contributed by atoms with van der Waals surface area (Å²) in [4.78, 5) is 61.7. The average Bonchev–Trinajstić information content (AvgIpc) is 3.87. The van der Waals surface area contributed by atoms with Crippen molar-refractivity contribution in [3.63, 3.8) is 0 Å². The fraction of sp³-hybridized carbons (Fsp3) is 0.200. The highest BCUT2D eigenvalue weighted by molar-refractivity contribution is 7.30. The summed E-state index contributed by atoms with van der Waals surface area (Å²) in [5.41, 5.74) is 4.50. The number of aliphatic carboxylic acids is 2. The Morgan fingerprint density at radius 1 is 0.617 bits per heavy atom. The fourth-order valence-electron chi connectivity index (χ4n) is 3.91. The number of hydrogen-bond acceptors (Lipinski definition) is 14. The van der Waals surface area contributed by atoms with Gasteiger partial charge in [0.15, 0.2) is 0 Å². The number of nitrogens with two attached hydrogens (primary N) is 1. The van der Waals surface area contributed by atoms with E-state index in [2.05, 4.69) is 15.5 Å². The largest absolute Gasteiger partial charge is 0.491 e. The summed E-state index contributed by atoms with van der Waals surface area (Å²) in [6, 6.07) is 14.1. The highest BCUT2D eigenvalue weighted by Crippen LogP contribution is 2.51. The van der Waals surface area contributed by atoms with Gasteiger partial charge >= 0.3 is 23.9 Å². The van der Waals surface area contributed by atoms with Crippen LogP contribution in [-0.4, -0.2) is 66.6 Å². The second-order valence-electron chi connectivity index (χ2n) is 8.93. The predicted octanol–water partition coefficient (Wildman–Crippen LogP) is 7.36. The molecule has 0 spiro atoms. The number of thiophene rings is 5. The van der Waals surface area contributed by atoms with Gasteiger partial charge in [-0.2, -0.15) is 4.89 Å². The zero-order valence-corrected chi connectivity index (χ0v) is 28.8. The molecule has 0 saturated carbocycles. The molecule has 17 heteroatoms. The molecule has 0 fully saturated rings. The summed E-state index contributed by atoms with van der Waals surface area (Å²) in [5, 5.41) is 27.6. The smallest absolute Gasteiger partial charge is 0.382 e. The van der Waals surface area contributed by atoms with E-state index in [1.165, 1.54) is 65.6 Å². The molecule has 47 heavy (non-hydrogen) atoms. The van der Waals surface area contributed by atoms with Crippen molar-refractivity contribution in [1.82, 2.24) is 0 Å². The van der Waals surface area contributed by atoms with Gasteiger partial charge in [0.25, 0.3) is 0 Å². The van der Waals surface area contributed by atoms with Crippen LogP contribution in [-0.2, 0) is 19.4 Å². The molecule has 0 atom stereocenters. The molecule has 5 heterocycles. The molecule has 5 aromatic rings. The Hall–Kier alpha value is -4.10. The Balaban J connectivity index is 0.00000245. The second kappa shape index (κ2) is 16.6. The van der Waals surface area contributed by atoms with E-state index in [1.807, 2.05) is 12.1 Å². The summed E-state index contributed by atoms with van der Waals surface area (Å²) >= 11 is 6.61. The van der Waals surface area contributed by atoms with Gasteiger partial charge in [0.2, 0.25) is 0 Å². The van der Waals surface area contributed by atoms with Crippen molar-refractivity contribution in [2.24, 2.45) is 5.73 Å². The molecule has 0 aliphatic rings. The van der Waals surface area contributed by atoms with Crippen LogP contribution in [0.2, 0.25) is 0 Å². The second-order valence-corrected chi connectivity index (χ2v) is 14.3. The van der Waals surface area contributed by atoms with E-state index >= 15 is 0 Å². The predicted molar refractivity (Wildman–Crippen MR) is 183 cm³/mol. The van der Waals surface area contributed by atoms with Crippen LogP contribution in [0, 0.1) is 0 Å². The van der Waals surface area contributed by atoms with Crippen LogP contribution in [0.4, 0.5) is 0 Å². The highest BCUT2D eigenvalue weighted by Gasteiger charge is 2.22. The average molecular weight is 738 g/mol. The van der Waals surface area contributed by atoms with Crippen molar-refractivity contribution in [3.05, 3.63) is 58.3 Å². The number of carboxylic acid groups (broad SMARTS) is 3. The minimum absolute atomic E-state index is 0.0401. The van der Waals surface area contributed by atoms with E-state index in [-0.39, 0.29) is 30.9 Å². The third-order valence-electron chi connectivity index (χ3n) is 5.87. The molecular weight excluding hydrogens is 711 g/mol. The third-order valence-corrected chi connectivity index (χ3v) is 12.1. The Morgan fingerprint density at radius 3 is 1.49 bits per heavy atom. The fourth-order valence-corrected chi connectivity index (χ4v) is 9.23. The van der Waals surface area contributed by atoms with Gasteiger partial charge in [-0.25, -0.2) is 9.59 Å². The number of hydrogen-bond donors (Lipinski definition) is 4. The van der Waals surface area contributed by atoms with Crippen LogP contribution < -0.4 is 15.2 Å². The van der Waals surface area contributed by atoms with Crippen LogP contribution >= 0.6 is 56.7 Å². The lowest BCUT2D eigenvalue weighted by molar-refractivity contribution is -0.215. The minimum Gasteiger partial charge on any atom is -0.491 e. The monoisotopic (exact) mass is 737 g/mol. The Bertz CT molecular complexity index is 1860. The molecule has 5 aromatic heterocycles. The molecule has 0 aromatic carbocycles. The van der Waals surface area contributed by atoms with Gasteiger partial charge in [-0.15, -0.1) is 56.7 Å². The molecule has 0 amide bonds. The van der Waals surface area contributed by atoms with Gasteiger partial charge in [0, 0.05) is 41.4 Å². The maximum absolute atomic E-state index is 12.1. The molecule has 0 aliphatic carbocycles. The zero-order valence-electron chi connectivity index (χ0n) is 24.7. The summed E-state index contributed by atoms with van der Waals surface area (Å²) < 4.78 is 11.8. The van der Waals surface area contributed by atoms with E-state index in [1.54, 1.807) is 30.3 Å². The van der Waals surface area contributed by atoms with Crippen LogP contribution in [0.15, 0.2) is 48.5 Å². The number of aromatic carboxylic acids is 1. The molecule has 0 saturated heterocycles. The SMILES string of the molecule is CN.COOC(=O)c1ccc(-c2cc(OCCC(=O)O)c(-c3ccc(-c4sc(-c5ccc(C(=O)O)s5)cc4OCCC(=O)O)s3)s2)s1. The van der Waals surface area contributed by atoms with Gasteiger partial charge in [-0.05, 0) is 43.4 Å². The van der Waals surface area contributed by atoms with Gasteiger partial charge in [0.1, 0.15) is 21.3 Å². The van der Waals surface area contributed by atoms with Crippen molar-refractivity contribution in [3.8, 4) is 50.5 Å². The van der Waals surface area contributed by atoms with Gasteiger partial charge < -0.3 is 30.5 Å².